The van der Waals surface area contributed by atoms with Crippen LogP contribution in [0.3, 0.4) is 0 Å². The van der Waals surface area contributed by atoms with Crippen LogP contribution in [0.1, 0.15) is 41.4 Å². The first-order valence-electron chi connectivity index (χ1n) is 5.71. The molecule has 3 nitrogen and oxygen atoms in total. The zero-order valence-electron chi connectivity index (χ0n) is 10.5. The first kappa shape index (κ1) is 14.6. The average molecular weight is 319 g/mol. The first-order valence-corrected chi connectivity index (χ1v) is 7.65. The maximum absolute atomic E-state index is 11.8. The Balaban J connectivity index is 2.42. The molecule has 0 aromatic carbocycles. The topological polar surface area (TPSA) is 42.0 Å². The fourth-order valence-electron chi connectivity index (χ4n) is 1.51. The van der Waals surface area contributed by atoms with E-state index >= 15 is 0 Å². The van der Waals surface area contributed by atoms with E-state index in [9.17, 15) is 4.79 Å². The van der Waals surface area contributed by atoms with Gasteiger partial charge in [0.15, 0.2) is 0 Å². The summed E-state index contributed by atoms with van der Waals surface area (Å²) in [5, 5.41) is 4.91. The van der Waals surface area contributed by atoms with Gasteiger partial charge in [-0.25, -0.2) is 4.98 Å². The van der Waals surface area contributed by atoms with Gasteiger partial charge >= 0.3 is 0 Å². The van der Waals surface area contributed by atoms with Gasteiger partial charge in [-0.2, -0.15) is 0 Å². The summed E-state index contributed by atoms with van der Waals surface area (Å²) in [6, 6.07) is 0. The summed E-state index contributed by atoms with van der Waals surface area (Å²) in [6.45, 7) is 6.96. The van der Waals surface area contributed by atoms with Crippen molar-refractivity contribution >= 4 is 33.2 Å². The third-order valence-corrected chi connectivity index (χ3v) is 4.03. The Morgan fingerprint density at radius 2 is 2.29 bits per heavy atom. The quantitative estimate of drug-likeness (QED) is 0.817. The molecule has 0 fully saturated rings. The molecule has 0 aliphatic carbocycles. The highest BCUT2D eigenvalue weighted by Crippen LogP contribution is 2.22. The van der Waals surface area contributed by atoms with Crippen LogP contribution in [-0.4, -0.2) is 22.8 Å². The largest absolute Gasteiger partial charge is 0.351 e. The van der Waals surface area contributed by atoms with Crippen LogP contribution in [0.2, 0.25) is 0 Å². The molecule has 0 bridgehead atoms. The summed E-state index contributed by atoms with van der Waals surface area (Å²) < 4.78 is 0. The Morgan fingerprint density at radius 1 is 1.59 bits per heavy atom. The number of hydrogen-bond donors (Lipinski definition) is 1. The van der Waals surface area contributed by atoms with E-state index < -0.39 is 0 Å². The molecular formula is C12H19BrN2OS. The molecule has 0 aliphatic heterocycles. The van der Waals surface area contributed by atoms with Crippen LogP contribution in [0.15, 0.2) is 6.20 Å². The van der Waals surface area contributed by atoms with Gasteiger partial charge in [-0.05, 0) is 25.2 Å². The Bertz CT molecular complexity index is 376. The van der Waals surface area contributed by atoms with Crippen LogP contribution in [0, 0.1) is 12.3 Å². The predicted octanol–water partition coefficient (Wildman–Crippen LogP) is 3.38. The fraction of sp³-hybridized carbons (Fsp3) is 0.667. The summed E-state index contributed by atoms with van der Waals surface area (Å²) in [5.74, 6) is -0.0116. The maximum Gasteiger partial charge on any atom is 0.263 e. The number of alkyl halides is 1. The highest BCUT2D eigenvalue weighted by molar-refractivity contribution is 9.09. The molecule has 0 atom stereocenters. The maximum atomic E-state index is 11.8. The van der Waals surface area contributed by atoms with E-state index in [0.717, 1.165) is 23.2 Å². The van der Waals surface area contributed by atoms with Crippen molar-refractivity contribution in [2.24, 2.45) is 5.41 Å². The predicted molar refractivity (Wildman–Crippen MR) is 76.0 cm³/mol. The second-order valence-corrected chi connectivity index (χ2v) is 6.91. The van der Waals surface area contributed by atoms with Crippen LogP contribution in [0.4, 0.5) is 0 Å². The zero-order chi connectivity index (χ0) is 12.9. The van der Waals surface area contributed by atoms with E-state index in [1.165, 1.54) is 11.3 Å². The molecule has 1 aromatic rings. The molecule has 1 rings (SSSR count). The van der Waals surface area contributed by atoms with E-state index in [1.807, 2.05) is 6.92 Å². The highest BCUT2D eigenvalue weighted by Gasteiger charge is 2.19. The lowest BCUT2D eigenvalue weighted by atomic mass is 9.88. The lowest BCUT2D eigenvalue weighted by molar-refractivity contribution is 0.0938. The number of aryl methyl sites for hydroxylation is 1. The number of carbonyl (C=O) groups is 1. The number of nitrogens with one attached hydrogen (secondary N) is 1. The number of carbonyl (C=O) groups excluding carboxylic acids is 1. The van der Waals surface area contributed by atoms with Crippen molar-refractivity contribution in [3.63, 3.8) is 0 Å². The summed E-state index contributed by atoms with van der Waals surface area (Å²) in [6.07, 6.45) is 3.86. The van der Waals surface area contributed by atoms with E-state index in [2.05, 4.69) is 40.1 Å². The van der Waals surface area contributed by atoms with Gasteiger partial charge < -0.3 is 5.32 Å². The molecule has 5 heteroatoms. The van der Waals surface area contributed by atoms with Gasteiger partial charge in [0.05, 0.1) is 11.2 Å². The number of thiazole rings is 1. The van der Waals surface area contributed by atoms with E-state index in [4.69, 9.17) is 0 Å². The molecular weight excluding hydrogens is 300 g/mol. The van der Waals surface area contributed by atoms with Crippen molar-refractivity contribution in [1.29, 1.82) is 0 Å². The monoisotopic (exact) mass is 318 g/mol. The number of halogens is 1. The SMILES string of the molecule is Cc1ncc(C(=O)NCC(C)(C)CCCBr)s1. The van der Waals surface area contributed by atoms with Gasteiger partial charge in [-0.15, -0.1) is 11.3 Å². The molecule has 1 aromatic heterocycles. The molecule has 0 spiro atoms. The van der Waals surface area contributed by atoms with Crippen LogP contribution in [-0.2, 0) is 0 Å². The Morgan fingerprint density at radius 3 is 2.82 bits per heavy atom. The Labute approximate surface area is 115 Å². The minimum absolute atomic E-state index is 0.0116. The normalized spacial score (nSPS) is 11.5. The van der Waals surface area contributed by atoms with E-state index in [1.54, 1.807) is 6.20 Å². The van der Waals surface area contributed by atoms with Crippen LogP contribution in [0.25, 0.3) is 0 Å². The summed E-state index contributed by atoms with van der Waals surface area (Å²) in [7, 11) is 0. The Kier molecular flexibility index (Phi) is 5.59. The second kappa shape index (κ2) is 6.50. The van der Waals surface area contributed by atoms with Gasteiger partial charge in [0.2, 0.25) is 0 Å². The molecule has 1 N–H and O–H groups in total. The van der Waals surface area contributed by atoms with Crippen molar-refractivity contribution in [3.05, 3.63) is 16.1 Å². The third-order valence-electron chi connectivity index (χ3n) is 2.56. The molecule has 0 radical (unpaired) electrons. The number of nitrogens with zero attached hydrogens (tertiary/aromatic N) is 1. The van der Waals surface area contributed by atoms with Crippen molar-refractivity contribution in [3.8, 4) is 0 Å². The standard InChI is InChI=1S/C12H19BrN2OS/c1-9-14-7-10(17-9)11(16)15-8-12(2,3)5-4-6-13/h7H,4-6,8H2,1-3H3,(H,15,16). The van der Waals surface area contributed by atoms with Crippen molar-refractivity contribution in [1.82, 2.24) is 10.3 Å². The summed E-state index contributed by atoms with van der Waals surface area (Å²) in [4.78, 5) is 16.6. The number of amides is 1. The lowest BCUT2D eigenvalue weighted by Crippen LogP contribution is -2.33. The number of rotatable bonds is 6. The molecule has 0 saturated carbocycles. The second-order valence-electron chi connectivity index (χ2n) is 4.88. The van der Waals surface area contributed by atoms with Gasteiger partial charge in [-0.1, -0.05) is 29.8 Å². The molecule has 96 valence electrons. The van der Waals surface area contributed by atoms with Gasteiger partial charge in [0, 0.05) is 11.9 Å². The highest BCUT2D eigenvalue weighted by atomic mass is 79.9. The number of hydrogen-bond acceptors (Lipinski definition) is 3. The zero-order valence-corrected chi connectivity index (χ0v) is 12.9. The van der Waals surface area contributed by atoms with Crippen molar-refractivity contribution in [2.75, 3.05) is 11.9 Å². The van der Waals surface area contributed by atoms with Gasteiger partial charge in [-0.3, -0.25) is 4.79 Å². The minimum atomic E-state index is -0.0116. The van der Waals surface area contributed by atoms with Crippen LogP contribution in [0.5, 0.6) is 0 Å². The molecule has 1 heterocycles. The Hall–Kier alpha value is -0.420. The van der Waals surface area contributed by atoms with E-state index in [-0.39, 0.29) is 11.3 Å². The number of aromatic nitrogens is 1. The van der Waals surface area contributed by atoms with Crippen LogP contribution >= 0.6 is 27.3 Å². The van der Waals surface area contributed by atoms with E-state index in [0.29, 0.717) is 11.4 Å². The molecule has 17 heavy (non-hydrogen) atoms. The van der Waals surface area contributed by atoms with Crippen molar-refractivity contribution < 1.29 is 4.79 Å². The van der Waals surface area contributed by atoms with Crippen LogP contribution < -0.4 is 5.32 Å². The van der Waals surface area contributed by atoms with Gasteiger partial charge in [0.1, 0.15) is 4.88 Å². The van der Waals surface area contributed by atoms with Crippen molar-refractivity contribution in [2.45, 2.75) is 33.6 Å². The molecule has 1 amide bonds. The third kappa shape index (κ3) is 5.17. The average Bonchev–Trinajstić information content (AvgIpc) is 2.70. The molecule has 0 saturated heterocycles. The lowest BCUT2D eigenvalue weighted by Gasteiger charge is -2.24. The first-order chi connectivity index (χ1) is 7.94. The van der Waals surface area contributed by atoms with Gasteiger partial charge in [0.25, 0.3) is 5.91 Å². The smallest absolute Gasteiger partial charge is 0.263 e. The minimum Gasteiger partial charge on any atom is -0.351 e. The fourth-order valence-corrected chi connectivity index (χ4v) is 2.48. The summed E-state index contributed by atoms with van der Waals surface area (Å²) in [5.41, 5.74) is 0.142. The molecule has 0 aliphatic rings. The summed E-state index contributed by atoms with van der Waals surface area (Å²) >= 11 is 4.86. The molecule has 0 unspecified atom stereocenters.